The number of phenols is 1. The molecule has 0 radical (unpaired) electrons. The maximum Gasteiger partial charge on any atom is 0.254 e. The topological polar surface area (TPSA) is 107 Å². The Bertz CT molecular complexity index is 1440. The number of carbonyl (C=O) groups is 4. The number of rotatable bonds is 6. The van der Waals surface area contributed by atoms with Gasteiger partial charge in [0.2, 0.25) is 5.91 Å². The van der Waals surface area contributed by atoms with Crippen LogP contribution in [-0.2, 0) is 21.4 Å². The Morgan fingerprint density at radius 2 is 1.56 bits per heavy atom. The van der Waals surface area contributed by atoms with Crippen LogP contribution in [0.1, 0.15) is 59.0 Å². The lowest BCUT2D eigenvalue weighted by Crippen LogP contribution is -2.53. The second kappa shape index (κ2) is 11.2. The average molecular weight is 554 g/mol. The molecule has 5 rings (SSSR count). The van der Waals surface area contributed by atoms with Crippen LogP contribution in [-0.4, -0.2) is 69.6 Å². The summed E-state index contributed by atoms with van der Waals surface area (Å²) in [6.45, 7) is 6.53. The fourth-order valence-electron chi connectivity index (χ4n) is 5.72. The molecule has 3 aromatic rings. The molecule has 8 nitrogen and oxygen atoms in total. The standard InChI is InChI=1S/C33H35N3O5/c1-33(2,3)24-13-11-22(12-14-24)30(39)34-26(19-21-9-15-25(37)16-10-21)32(41)35-18-17-27-29(35)28(38)20-36(27)31(40)23-7-5-4-6-8-23/h4-16,26-27,29,37H,17-20H2,1-3H3,(H,34,39). The molecular weight excluding hydrogens is 518 g/mol. The van der Waals surface area contributed by atoms with Gasteiger partial charge in [-0.25, -0.2) is 0 Å². The predicted molar refractivity (Wildman–Crippen MR) is 155 cm³/mol. The van der Waals surface area contributed by atoms with E-state index in [1.165, 1.54) is 17.0 Å². The van der Waals surface area contributed by atoms with Crippen LogP contribution in [0.25, 0.3) is 0 Å². The van der Waals surface area contributed by atoms with Crippen LogP contribution in [0.2, 0.25) is 0 Å². The maximum absolute atomic E-state index is 14.0. The van der Waals surface area contributed by atoms with E-state index in [1.54, 1.807) is 53.4 Å². The van der Waals surface area contributed by atoms with Crippen molar-refractivity contribution < 1.29 is 24.3 Å². The van der Waals surface area contributed by atoms with E-state index < -0.39 is 24.0 Å². The molecular formula is C33H35N3O5. The zero-order valence-corrected chi connectivity index (χ0v) is 23.5. The number of carbonyl (C=O) groups excluding carboxylic acids is 4. The first-order chi connectivity index (χ1) is 19.5. The fraction of sp³-hybridized carbons (Fsp3) is 0.333. The molecule has 2 aliphatic heterocycles. The molecule has 8 heteroatoms. The minimum atomic E-state index is -0.945. The minimum absolute atomic E-state index is 0.0536. The summed E-state index contributed by atoms with van der Waals surface area (Å²) in [6.07, 6.45) is 0.661. The third-order valence-electron chi connectivity index (χ3n) is 7.98. The van der Waals surface area contributed by atoms with Crippen LogP contribution in [0.4, 0.5) is 0 Å². The minimum Gasteiger partial charge on any atom is -0.508 e. The number of phenolic OH excluding ortho intramolecular Hbond substituents is 1. The van der Waals surface area contributed by atoms with E-state index in [4.69, 9.17) is 0 Å². The Hall–Kier alpha value is -4.46. The number of ketones is 1. The second-order valence-electron chi connectivity index (χ2n) is 11.8. The van der Waals surface area contributed by atoms with Gasteiger partial charge in [0.15, 0.2) is 5.78 Å². The Morgan fingerprint density at radius 3 is 2.20 bits per heavy atom. The third kappa shape index (κ3) is 5.87. The number of hydrogen-bond donors (Lipinski definition) is 2. The number of amides is 3. The lowest BCUT2D eigenvalue weighted by molar-refractivity contribution is -0.138. The summed E-state index contributed by atoms with van der Waals surface area (Å²) in [5.41, 5.74) is 2.70. The van der Waals surface area contributed by atoms with Crippen LogP contribution in [0.5, 0.6) is 5.75 Å². The summed E-state index contributed by atoms with van der Waals surface area (Å²) >= 11 is 0. The number of likely N-dealkylation sites (tertiary alicyclic amines) is 2. The average Bonchev–Trinajstić information content (AvgIpc) is 3.54. The van der Waals surface area contributed by atoms with Crippen molar-refractivity contribution in [3.8, 4) is 5.75 Å². The zero-order chi connectivity index (χ0) is 29.3. The number of Topliss-reactive ketones (excluding diaryl/α,β-unsaturated/α-hetero) is 1. The van der Waals surface area contributed by atoms with Gasteiger partial charge in [0.1, 0.15) is 17.8 Å². The smallest absolute Gasteiger partial charge is 0.254 e. The van der Waals surface area contributed by atoms with Gasteiger partial charge in [-0.05, 0) is 59.4 Å². The largest absolute Gasteiger partial charge is 0.508 e. The third-order valence-corrected chi connectivity index (χ3v) is 7.98. The van der Waals surface area contributed by atoms with Gasteiger partial charge < -0.3 is 20.2 Å². The number of nitrogens with one attached hydrogen (secondary N) is 1. The molecule has 2 aliphatic rings. The Kier molecular flexibility index (Phi) is 7.67. The normalized spacial score (nSPS) is 19.1. The van der Waals surface area contributed by atoms with Gasteiger partial charge in [0, 0.05) is 24.1 Å². The van der Waals surface area contributed by atoms with E-state index in [2.05, 4.69) is 26.1 Å². The van der Waals surface area contributed by atoms with Crippen LogP contribution in [0.15, 0.2) is 78.9 Å². The number of benzene rings is 3. The van der Waals surface area contributed by atoms with Crippen molar-refractivity contribution in [2.24, 2.45) is 0 Å². The molecule has 2 N–H and O–H groups in total. The monoisotopic (exact) mass is 553 g/mol. The number of aromatic hydroxyl groups is 1. The van der Waals surface area contributed by atoms with Gasteiger partial charge in [0.05, 0.1) is 12.6 Å². The Balaban J connectivity index is 1.37. The number of fused-ring (bicyclic) bond motifs is 1. The van der Waals surface area contributed by atoms with Gasteiger partial charge in [-0.1, -0.05) is 63.2 Å². The molecule has 41 heavy (non-hydrogen) atoms. The van der Waals surface area contributed by atoms with E-state index in [9.17, 15) is 24.3 Å². The molecule has 2 heterocycles. The van der Waals surface area contributed by atoms with Crippen molar-refractivity contribution in [2.45, 2.75) is 57.2 Å². The van der Waals surface area contributed by atoms with Gasteiger partial charge in [0.25, 0.3) is 11.8 Å². The highest BCUT2D eigenvalue weighted by atomic mass is 16.3. The summed E-state index contributed by atoms with van der Waals surface area (Å²) in [5.74, 6) is -1.07. The van der Waals surface area contributed by atoms with E-state index in [0.29, 0.717) is 24.1 Å². The van der Waals surface area contributed by atoms with Crippen LogP contribution >= 0.6 is 0 Å². The van der Waals surface area contributed by atoms with Gasteiger partial charge in [-0.3, -0.25) is 19.2 Å². The Morgan fingerprint density at radius 1 is 0.902 bits per heavy atom. The molecule has 0 saturated carbocycles. The molecule has 3 atom stereocenters. The molecule has 3 unspecified atom stereocenters. The summed E-state index contributed by atoms with van der Waals surface area (Å²) in [7, 11) is 0. The van der Waals surface area contributed by atoms with Crippen LogP contribution < -0.4 is 5.32 Å². The molecule has 3 amide bonds. The zero-order valence-electron chi connectivity index (χ0n) is 23.5. The predicted octanol–water partition coefficient (Wildman–Crippen LogP) is 3.73. The van der Waals surface area contributed by atoms with Crippen molar-refractivity contribution in [3.05, 3.63) is 101 Å². The lowest BCUT2D eigenvalue weighted by atomic mass is 9.86. The SMILES string of the molecule is CC(C)(C)c1ccc(C(=O)NC(Cc2ccc(O)cc2)C(=O)N2CCC3C2C(=O)CN3C(=O)c2ccccc2)cc1. The highest BCUT2D eigenvalue weighted by molar-refractivity contribution is 6.03. The molecule has 2 fully saturated rings. The van der Waals surface area contributed by atoms with Crippen LogP contribution in [0.3, 0.4) is 0 Å². The fourth-order valence-corrected chi connectivity index (χ4v) is 5.72. The van der Waals surface area contributed by atoms with E-state index in [0.717, 1.165) is 11.1 Å². The maximum atomic E-state index is 14.0. The summed E-state index contributed by atoms with van der Waals surface area (Å²) in [5, 5.41) is 12.6. The molecule has 212 valence electrons. The first kappa shape index (κ1) is 28.1. The number of hydrogen-bond acceptors (Lipinski definition) is 5. The van der Waals surface area contributed by atoms with E-state index in [1.807, 2.05) is 18.2 Å². The second-order valence-corrected chi connectivity index (χ2v) is 11.8. The van der Waals surface area contributed by atoms with E-state index >= 15 is 0 Å². The molecule has 0 spiro atoms. The first-order valence-corrected chi connectivity index (χ1v) is 13.9. The number of nitrogens with zero attached hydrogens (tertiary/aromatic N) is 2. The van der Waals surface area contributed by atoms with Crippen molar-refractivity contribution in [2.75, 3.05) is 13.1 Å². The quantitative estimate of drug-likeness (QED) is 0.484. The molecule has 3 aromatic carbocycles. The van der Waals surface area contributed by atoms with Crippen molar-refractivity contribution >= 4 is 23.5 Å². The molecule has 2 saturated heterocycles. The molecule has 0 bridgehead atoms. The van der Waals surface area contributed by atoms with Crippen LogP contribution in [0, 0.1) is 0 Å². The van der Waals surface area contributed by atoms with Crippen molar-refractivity contribution in [1.29, 1.82) is 0 Å². The van der Waals surface area contributed by atoms with Gasteiger partial charge in [-0.2, -0.15) is 0 Å². The van der Waals surface area contributed by atoms with Gasteiger partial charge >= 0.3 is 0 Å². The highest BCUT2D eigenvalue weighted by Crippen LogP contribution is 2.32. The van der Waals surface area contributed by atoms with Gasteiger partial charge in [-0.15, -0.1) is 0 Å². The first-order valence-electron chi connectivity index (χ1n) is 13.9. The highest BCUT2D eigenvalue weighted by Gasteiger charge is 2.52. The molecule has 0 aromatic heterocycles. The Labute approximate surface area is 240 Å². The summed E-state index contributed by atoms with van der Waals surface area (Å²) in [4.78, 5) is 56.8. The molecule has 0 aliphatic carbocycles. The van der Waals surface area contributed by atoms with Crippen molar-refractivity contribution in [1.82, 2.24) is 15.1 Å². The summed E-state index contributed by atoms with van der Waals surface area (Å²) < 4.78 is 0. The summed E-state index contributed by atoms with van der Waals surface area (Å²) in [6, 6.07) is 20.5. The van der Waals surface area contributed by atoms with Crippen molar-refractivity contribution in [3.63, 3.8) is 0 Å². The lowest BCUT2D eigenvalue weighted by Gasteiger charge is -2.28. The van der Waals surface area contributed by atoms with E-state index in [-0.39, 0.29) is 41.7 Å².